The third-order valence-electron chi connectivity index (χ3n) is 4.51. The Morgan fingerprint density at radius 2 is 1.76 bits per heavy atom. The van der Waals surface area contributed by atoms with Crippen LogP contribution in [0.25, 0.3) is 5.57 Å². The van der Waals surface area contributed by atoms with Gasteiger partial charge < -0.3 is 0 Å². The van der Waals surface area contributed by atoms with E-state index in [0.717, 1.165) is 17.5 Å². The minimum absolute atomic E-state index is 0.0203. The van der Waals surface area contributed by atoms with Gasteiger partial charge in [0.1, 0.15) is 5.82 Å². The van der Waals surface area contributed by atoms with Crippen molar-refractivity contribution in [2.24, 2.45) is 5.41 Å². The van der Waals surface area contributed by atoms with Crippen LogP contribution in [0.3, 0.4) is 0 Å². The van der Waals surface area contributed by atoms with Gasteiger partial charge >= 0.3 is 0 Å². The Morgan fingerprint density at radius 1 is 1.12 bits per heavy atom. The Morgan fingerprint density at radius 3 is 2.35 bits per heavy atom. The van der Waals surface area contributed by atoms with E-state index in [1.54, 1.807) is 6.07 Å². The van der Waals surface area contributed by atoms with E-state index in [2.05, 4.69) is 40.7 Å². The maximum absolute atomic E-state index is 14.2. The zero-order chi connectivity index (χ0) is 12.8. The summed E-state index contributed by atoms with van der Waals surface area (Å²) in [6, 6.07) is 5.44. The molecule has 2 rings (SSSR count). The molecule has 0 nitrogen and oxygen atoms in total. The fourth-order valence-corrected chi connectivity index (χ4v) is 2.74. The van der Waals surface area contributed by atoms with Crippen LogP contribution in [0.2, 0.25) is 0 Å². The summed E-state index contributed by atoms with van der Waals surface area (Å²) in [5.74, 6) is -0.0698. The molecule has 0 heterocycles. The van der Waals surface area contributed by atoms with E-state index in [1.807, 2.05) is 12.1 Å². The van der Waals surface area contributed by atoms with Crippen LogP contribution in [0.15, 0.2) is 24.3 Å². The number of rotatable bonds is 1. The van der Waals surface area contributed by atoms with E-state index in [-0.39, 0.29) is 16.6 Å². The summed E-state index contributed by atoms with van der Waals surface area (Å²) in [5, 5.41) is 0. The van der Waals surface area contributed by atoms with E-state index in [4.69, 9.17) is 0 Å². The van der Waals surface area contributed by atoms with Gasteiger partial charge in [0, 0.05) is 11.0 Å². The highest BCUT2D eigenvalue weighted by Gasteiger charge is 2.43. The summed E-state index contributed by atoms with van der Waals surface area (Å²) in [7, 11) is 0. The maximum Gasteiger partial charge on any atom is 0.127 e. The molecule has 1 aliphatic rings. The summed E-state index contributed by atoms with van der Waals surface area (Å²) in [6.07, 6.45) is 3.27. The Bertz CT molecular complexity index is 478. The van der Waals surface area contributed by atoms with Gasteiger partial charge in [-0.2, -0.15) is 0 Å². The topological polar surface area (TPSA) is 0 Å². The Balaban J connectivity index is 2.79. The first-order valence-electron chi connectivity index (χ1n) is 6.32. The van der Waals surface area contributed by atoms with Gasteiger partial charge in [0.05, 0.1) is 0 Å². The Kier molecular flexibility index (Phi) is 2.68. The fourth-order valence-electron chi connectivity index (χ4n) is 2.74. The predicted molar refractivity (Wildman–Crippen MR) is 71.5 cm³/mol. The van der Waals surface area contributed by atoms with Crippen molar-refractivity contribution in [3.63, 3.8) is 0 Å². The average molecular weight is 232 g/mol. The van der Waals surface area contributed by atoms with E-state index >= 15 is 0 Å². The molecule has 1 aliphatic carbocycles. The van der Waals surface area contributed by atoms with Crippen molar-refractivity contribution in [3.8, 4) is 0 Å². The standard InChI is InChI=1S/C16H21F/c1-6-11-10-15(2,3)16(4,5)14-12(11)8-7-9-13(14)17/h7-10H,6H2,1-5H3. The Labute approximate surface area is 104 Å². The average Bonchev–Trinajstić information content (AvgIpc) is 2.23. The van der Waals surface area contributed by atoms with Crippen LogP contribution in [0.1, 0.15) is 52.2 Å². The van der Waals surface area contributed by atoms with Gasteiger partial charge in [0.25, 0.3) is 0 Å². The lowest BCUT2D eigenvalue weighted by molar-refractivity contribution is 0.254. The fraction of sp³-hybridized carbons (Fsp3) is 0.500. The van der Waals surface area contributed by atoms with Crippen LogP contribution in [0.5, 0.6) is 0 Å². The molecule has 0 amide bonds. The van der Waals surface area contributed by atoms with Gasteiger partial charge in [-0.05, 0) is 29.0 Å². The third-order valence-corrected chi connectivity index (χ3v) is 4.51. The van der Waals surface area contributed by atoms with Crippen LogP contribution < -0.4 is 0 Å². The summed E-state index contributed by atoms with van der Waals surface area (Å²) in [4.78, 5) is 0. The van der Waals surface area contributed by atoms with Crippen LogP contribution >= 0.6 is 0 Å². The molecule has 1 aromatic carbocycles. The molecule has 1 heteroatoms. The molecule has 0 fully saturated rings. The molecule has 17 heavy (non-hydrogen) atoms. The second kappa shape index (κ2) is 3.69. The maximum atomic E-state index is 14.2. The third kappa shape index (κ3) is 1.64. The zero-order valence-corrected chi connectivity index (χ0v) is 11.4. The number of allylic oxidation sites excluding steroid dienone is 2. The van der Waals surface area contributed by atoms with Crippen molar-refractivity contribution < 1.29 is 4.39 Å². The van der Waals surface area contributed by atoms with Crippen LogP contribution in [-0.4, -0.2) is 0 Å². The SMILES string of the molecule is CCC1=CC(C)(C)C(C)(C)c2c(F)cccc21. The van der Waals surface area contributed by atoms with Crippen LogP contribution in [0.4, 0.5) is 4.39 Å². The molecule has 0 N–H and O–H groups in total. The molecular formula is C16H21F. The lowest BCUT2D eigenvalue weighted by atomic mass is 9.58. The number of benzene rings is 1. The van der Waals surface area contributed by atoms with Crippen molar-refractivity contribution in [1.82, 2.24) is 0 Å². The quantitative estimate of drug-likeness (QED) is 0.643. The second-order valence-electron chi connectivity index (χ2n) is 6.03. The summed E-state index contributed by atoms with van der Waals surface area (Å²) >= 11 is 0. The smallest absolute Gasteiger partial charge is 0.127 e. The van der Waals surface area contributed by atoms with Gasteiger partial charge in [-0.1, -0.05) is 52.8 Å². The van der Waals surface area contributed by atoms with Gasteiger partial charge in [-0.3, -0.25) is 0 Å². The molecule has 0 saturated carbocycles. The molecule has 0 aliphatic heterocycles. The highest BCUT2D eigenvalue weighted by molar-refractivity contribution is 5.73. The second-order valence-corrected chi connectivity index (χ2v) is 6.03. The minimum atomic E-state index is -0.174. The van der Waals surface area contributed by atoms with E-state index in [0.29, 0.717) is 0 Å². The van der Waals surface area contributed by atoms with Crippen molar-refractivity contribution in [2.45, 2.75) is 46.5 Å². The van der Waals surface area contributed by atoms with Crippen molar-refractivity contribution in [1.29, 1.82) is 0 Å². The number of halogens is 1. The Hall–Kier alpha value is -1.11. The molecule has 0 spiro atoms. The molecule has 1 aromatic rings. The molecule has 0 aromatic heterocycles. The van der Waals surface area contributed by atoms with E-state index in [9.17, 15) is 4.39 Å². The van der Waals surface area contributed by atoms with Crippen molar-refractivity contribution >= 4 is 5.57 Å². The molecule has 0 unspecified atom stereocenters. The van der Waals surface area contributed by atoms with Gasteiger partial charge in [-0.15, -0.1) is 0 Å². The van der Waals surface area contributed by atoms with Gasteiger partial charge in [0.15, 0.2) is 0 Å². The first-order valence-corrected chi connectivity index (χ1v) is 6.32. The highest BCUT2D eigenvalue weighted by atomic mass is 19.1. The summed E-state index contributed by atoms with van der Waals surface area (Å²) in [5.41, 5.74) is 3.05. The lowest BCUT2D eigenvalue weighted by Crippen LogP contribution is -2.39. The van der Waals surface area contributed by atoms with E-state index < -0.39 is 0 Å². The van der Waals surface area contributed by atoms with Crippen LogP contribution in [-0.2, 0) is 5.41 Å². The van der Waals surface area contributed by atoms with Gasteiger partial charge in [0.2, 0.25) is 0 Å². The molecule has 0 saturated heterocycles. The minimum Gasteiger partial charge on any atom is -0.207 e. The largest absolute Gasteiger partial charge is 0.207 e. The number of hydrogen-bond donors (Lipinski definition) is 0. The first-order chi connectivity index (χ1) is 7.81. The van der Waals surface area contributed by atoms with Crippen molar-refractivity contribution in [3.05, 3.63) is 41.2 Å². The lowest BCUT2D eigenvalue weighted by Gasteiger charge is -2.45. The first kappa shape index (κ1) is 12.3. The van der Waals surface area contributed by atoms with Gasteiger partial charge in [-0.25, -0.2) is 4.39 Å². The molecular weight excluding hydrogens is 211 g/mol. The monoisotopic (exact) mass is 232 g/mol. The highest BCUT2D eigenvalue weighted by Crippen LogP contribution is 2.51. The molecule has 92 valence electrons. The van der Waals surface area contributed by atoms with Crippen LogP contribution in [0, 0.1) is 11.2 Å². The van der Waals surface area contributed by atoms with E-state index in [1.165, 1.54) is 5.57 Å². The zero-order valence-electron chi connectivity index (χ0n) is 11.4. The molecule has 0 atom stereocenters. The number of fused-ring (bicyclic) bond motifs is 1. The molecule has 0 radical (unpaired) electrons. The number of hydrogen-bond acceptors (Lipinski definition) is 0. The molecule has 0 bridgehead atoms. The van der Waals surface area contributed by atoms with Crippen molar-refractivity contribution in [2.75, 3.05) is 0 Å². The predicted octanol–water partition coefficient (Wildman–Crippen LogP) is 4.94. The summed E-state index contributed by atoms with van der Waals surface area (Å²) in [6.45, 7) is 10.8. The normalized spacial score (nSPS) is 20.7. The summed E-state index contributed by atoms with van der Waals surface area (Å²) < 4.78 is 14.2.